The van der Waals surface area contributed by atoms with Gasteiger partial charge in [0.05, 0.1) is 11.1 Å². The van der Waals surface area contributed by atoms with E-state index in [1.54, 1.807) is 7.05 Å². The molecule has 2 aromatic rings. The number of carboxylic acid groups (broad SMARTS) is 2. The fourth-order valence-electron chi connectivity index (χ4n) is 1.74. The highest BCUT2D eigenvalue weighted by atomic mass is 16.4. The van der Waals surface area contributed by atoms with E-state index in [9.17, 15) is 14.4 Å². The number of nitrogens with one attached hydrogen (secondary N) is 1. The van der Waals surface area contributed by atoms with Crippen LogP contribution in [0.5, 0.6) is 0 Å². The Hall–Kier alpha value is -3.16. The Bertz CT molecular complexity index is 703. The van der Waals surface area contributed by atoms with Crippen molar-refractivity contribution in [1.29, 1.82) is 0 Å². The number of carbonyl (C=O) groups excluding carboxylic acids is 1. The second-order valence-electron chi connectivity index (χ2n) is 4.20. The lowest BCUT2D eigenvalue weighted by atomic mass is 10.1. The van der Waals surface area contributed by atoms with Crippen LogP contribution in [0.4, 0.5) is 5.69 Å². The van der Waals surface area contributed by atoms with Gasteiger partial charge >= 0.3 is 11.9 Å². The van der Waals surface area contributed by atoms with Gasteiger partial charge in [-0.05, 0) is 24.3 Å². The summed E-state index contributed by atoms with van der Waals surface area (Å²) in [6.45, 7) is 0. The molecule has 1 aromatic carbocycles. The summed E-state index contributed by atoms with van der Waals surface area (Å²) in [5.74, 6) is -3.09. The van der Waals surface area contributed by atoms with Crippen LogP contribution < -0.4 is 5.32 Å². The number of aromatic nitrogens is 2. The summed E-state index contributed by atoms with van der Waals surface area (Å²) in [5.41, 5.74) is -0.114. The van der Waals surface area contributed by atoms with Crippen LogP contribution in [-0.4, -0.2) is 37.8 Å². The maximum atomic E-state index is 12.0. The molecule has 0 spiro atoms. The van der Waals surface area contributed by atoms with Gasteiger partial charge in [0, 0.05) is 18.9 Å². The molecule has 8 nitrogen and oxygen atoms in total. The molecule has 21 heavy (non-hydrogen) atoms. The van der Waals surface area contributed by atoms with Crippen molar-refractivity contribution in [2.24, 2.45) is 7.05 Å². The van der Waals surface area contributed by atoms with E-state index in [1.165, 1.54) is 29.1 Å². The van der Waals surface area contributed by atoms with E-state index in [-0.39, 0.29) is 22.5 Å². The van der Waals surface area contributed by atoms with Gasteiger partial charge in [0.25, 0.3) is 5.91 Å². The first-order valence-electron chi connectivity index (χ1n) is 5.79. The first-order chi connectivity index (χ1) is 9.88. The number of anilines is 1. The quantitative estimate of drug-likeness (QED) is 0.774. The zero-order valence-corrected chi connectivity index (χ0v) is 10.9. The molecule has 108 valence electrons. The zero-order valence-electron chi connectivity index (χ0n) is 10.9. The van der Waals surface area contributed by atoms with Gasteiger partial charge in [-0.2, -0.15) is 5.10 Å². The molecule has 1 amide bonds. The lowest BCUT2D eigenvalue weighted by Gasteiger charge is -2.08. The standard InChI is InChI=1S/C13H11N3O5/c1-16-10(2-3-14-16)11(17)15-9-5-7(12(18)19)4-8(6-9)13(20)21/h2-6H,1H3,(H,15,17)(H,18,19)(H,20,21). The molecule has 0 unspecified atom stereocenters. The number of carboxylic acids is 2. The SMILES string of the molecule is Cn1nccc1C(=O)Nc1cc(C(=O)O)cc(C(=O)O)c1. The second-order valence-corrected chi connectivity index (χ2v) is 4.20. The number of amides is 1. The van der Waals surface area contributed by atoms with E-state index < -0.39 is 17.8 Å². The van der Waals surface area contributed by atoms with Crippen molar-refractivity contribution in [2.75, 3.05) is 5.32 Å². The average Bonchev–Trinajstić information content (AvgIpc) is 2.84. The van der Waals surface area contributed by atoms with Gasteiger partial charge in [0.15, 0.2) is 0 Å². The van der Waals surface area contributed by atoms with E-state index in [2.05, 4.69) is 10.4 Å². The Morgan fingerprint density at radius 1 is 1.10 bits per heavy atom. The van der Waals surface area contributed by atoms with Crippen LogP contribution in [0.2, 0.25) is 0 Å². The fourth-order valence-corrected chi connectivity index (χ4v) is 1.74. The Balaban J connectivity index is 2.35. The third-order valence-corrected chi connectivity index (χ3v) is 2.74. The molecular formula is C13H11N3O5. The molecule has 0 fully saturated rings. The van der Waals surface area contributed by atoms with Gasteiger partial charge < -0.3 is 15.5 Å². The molecule has 1 heterocycles. The normalized spacial score (nSPS) is 10.1. The van der Waals surface area contributed by atoms with Crippen LogP contribution in [0.1, 0.15) is 31.2 Å². The highest BCUT2D eigenvalue weighted by Gasteiger charge is 2.15. The van der Waals surface area contributed by atoms with Crippen LogP contribution in [0.15, 0.2) is 30.5 Å². The molecule has 0 saturated heterocycles. The Kier molecular flexibility index (Phi) is 3.70. The third-order valence-electron chi connectivity index (χ3n) is 2.74. The summed E-state index contributed by atoms with van der Waals surface area (Å²) in [7, 11) is 1.57. The number of benzene rings is 1. The van der Waals surface area contributed by atoms with Crippen molar-refractivity contribution < 1.29 is 24.6 Å². The summed E-state index contributed by atoms with van der Waals surface area (Å²) < 4.78 is 1.34. The van der Waals surface area contributed by atoms with Crippen molar-refractivity contribution in [3.05, 3.63) is 47.3 Å². The Morgan fingerprint density at radius 2 is 1.67 bits per heavy atom. The smallest absolute Gasteiger partial charge is 0.335 e. The van der Waals surface area contributed by atoms with E-state index >= 15 is 0 Å². The molecule has 0 aliphatic carbocycles. The van der Waals surface area contributed by atoms with Crippen LogP contribution in [0.3, 0.4) is 0 Å². The fraction of sp³-hybridized carbons (Fsp3) is 0.0769. The van der Waals surface area contributed by atoms with E-state index in [0.717, 1.165) is 6.07 Å². The molecule has 0 aliphatic heterocycles. The minimum absolute atomic E-state index is 0.0819. The Labute approximate surface area is 118 Å². The summed E-state index contributed by atoms with van der Waals surface area (Å²) >= 11 is 0. The molecule has 0 atom stereocenters. The lowest BCUT2D eigenvalue weighted by molar-refractivity contribution is 0.0696. The molecule has 0 bridgehead atoms. The average molecular weight is 289 g/mol. The highest BCUT2D eigenvalue weighted by Crippen LogP contribution is 2.16. The molecule has 0 saturated carbocycles. The maximum absolute atomic E-state index is 12.0. The third kappa shape index (κ3) is 3.06. The number of nitrogens with zero attached hydrogens (tertiary/aromatic N) is 2. The van der Waals surface area contributed by atoms with Crippen LogP contribution in [0, 0.1) is 0 Å². The van der Waals surface area contributed by atoms with Gasteiger partial charge in [-0.15, -0.1) is 0 Å². The minimum atomic E-state index is -1.28. The largest absolute Gasteiger partial charge is 0.478 e. The topological polar surface area (TPSA) is 122 Å². The molecule has 3 N–H and O–H groups in total. The molecule has 0 radical (unpaired) electrons. The zero-order chi connectivity index (χ0) is 15.6. The van der Waals surface area contributed by atoms with Crippen molar-refractivity contribution in [3.8, 4) is 0 Å². The van der Waals surface area contributed by atoms with Crippen LogP contribution in [-0.2, 0) is 7.05 Å². The van der Waals surface area contributed by atoms with Crippen molar-refractivity contribution in [3.63, 3.8) is 0 Å². The molecule has 0 aliphatic rings. The van der Waals surface area contributed by atoms with E-state index in [4.69, 9.17) is 10.2 Å². The van der Waals surface area contributed by atoms with Crippen LogP contribution in [0.25, 0.3) is 0 Å². The predicted molar refractivity (Wildman–Crippen MR) is 71.5 cm³/mol. The van der Waals surface area contributed by atoms with Gasteiger partial charge in [-0.25, -0.2) is 9.59 Å². The number of hydrogen-bond acceptors (Lipinski definition) is 4. The summed E-state index contributed by atoms with van der Waals surface area (Å²) in [6.07, 6.45) is 1.44. The molecular weight excluding hydrogens is 278 g/mol. The summed E-state index contributed by atoms with van der Waals surface area (Å²) in [6, 6.07) is 4.87. The Morgan fingerprint density at radius 3 is 2.10 bits per heavy atom. The molecule has 1 aromatic heterocycles. The monoisotopic (exact) mass is 289 g/mol. The van der Waals surface area contributed by atoms with Crippen molar-refractivity contribution >= 4 is 23.5 Å². The maximum Gasteiger partial charge on any atom is 0.335 e. The summed E-state index contributed by atoms with van der Waals surface area (Å²) in [4.78, 5) is 33.9. The van der Waals surface area contributed by atoms with Crippen molar-refractivity contribution in [1.82, 2.24) is 9.78 Å². The number of rotatable bonds is 4. The number of aryl methyl sites for hydroxylation is 1. The van der Waals surface area contributed by atoms with E-state index in [1.807, 2.05) is 0 Å². The first kappa shape index (κ1) is 14.3. The van der Waals surface area contributed by atoms with Gasteiger partial charge in [-0.3, -0.25) is 9.48 Å². The number of aromatic carboxylic acids is 2. The van der Waals surface area contributed by atoms with Gasteiger partial charge in [0.2, 0.25) is 0 Å². The van der Waals surface area contributed by atoms with E-state index in [0.29, 0.717) is 0 Å². The predicted octanol–water partition coefficient (Wildman–Crippen LogP) is 1.07. The molecule has 2 rings (SSSR count). The second kappa shape index (κ2) is 5.45. The minimum Gasteiger partial charge on any atom is -0.478 e. The first-order valence-corrected chi connectivity index (χ1v) is 5.79. The van der Waals surface area contributed by atoms with Gasteiger partial charge in [0.1, 0.15) is 5.69 Å². The summed E-state index contributed by atoms with van der Waals surface area (Å²) in [5, 5.41) is 24.2. The number of carbonyl (C=O) groups is 3. The molecule has 8 heteroatoms. The van der Waals surface area contributed by atoms with Crippen molar-refractivity contribution in [2.45, 2.75) is 0 Å². The van der Waals surface area contributed by atoms with Gasteiger partial charge in [-0.1, -0.05) is 0 Å². The lowest BCUT2D eigenvalue weighted by Crippen LogP contribution is -2.17. The van der Waals surface area contributed by atoms with Crippen LogP contribution >= 0.6 is 0 Å². The highest BCUT2D eigenvalue weighted by molar-refractivity contribution is 6.04. The number of hydrogen-bond donors (Lipinski definition) is 3.